The number of aromatic amines is 1. The Bertz CT molecular complexity index is 1280. The summed E-state index contributed by atoms with van der Waals surface area (Å²) in [4.78, 5) is 12.3. The van der Waals surface area contributed by atoms with Crippen LogP contribution < -0.4 is 14.9 Å². The summed E-state index contributed by atoms with van der Waals surface area (Å²) in [5.41, 5.74) is 7.77. The highest BCUT2D eigenvalue weighted by Crippen LogP contribution is 2.37. The molecule has 0 aliphatic rings. The maximum absolute atomic E-state index is 12.3. The summed E-state index contributed by atoms with van der Waals surface area (Å²) < 4.78 is 10.9. The highest BCUT2D eigenvalue weighted by Gasteiger charge is 2.19. The SMILES string of the molecule is COc1ccc(/C=N/NC(=O)COc2n[nH]c(-c3ccc(Cl)cc3)c2-c2ccc(C)cc2)cc1. The minimum atomic E-state index is -0.407. The van der Waals surface area contributed by atoms with Gasteiger partial charge in [-0.1, -0.05) is 53.6 Å². The van der Waals surface area contributed by atoms with Crippen LogP contribution >= 0.6 is 11.6 Å². The third-order valence-corrected chi connectivity index (χ3v) is 5.32. The second-order valence-electron chi connectivity index (χ2n) is 7.51. The van der Waals surface area contributed by atoms with Crippen LogP contribution in [0.3, 0.4) is 0 Å². The largest absolute Gasteiger partial charge is 0.497 e. The molecule has 3 aromatic carbocycles. The first-order valence-corrected chi connectivity index (χ1v) is 10.9. The number of hydrogen-bond donors (Lipinski definition) is 2. The fraction of sp³-hybridized carbons (Fsp3) is 0.115. The van der Waals surface area contributed by atoms with E-state index in [1.807, 2.05) is 79.7 Å². The Morgan fingerprint density at radius 3 is 2.38 bits per heavy atom. The monoisotopic (exact) mass is 474 g/mol. The number of aryl methyl sites for hydroxylation is 1. The molecule has 2 N–H and O–H groups in total. The topological polar surface area (TPSA) is 88.6 Å². The van der Waals surface area contributed by atoms with Crippen LogP contribution in [-0.2, 0) is 4.79 Å². The Balaban J connectivity index is 1.48. The molecule has 8 heteroatoms. The van der Waals surface area contributed by atoms with Gasteiger partial charge in [-0.25, -0.2) is 5.43 Å². The number of nitrogens with one attached hydrogen (secondary N) is 2. The zero-order valence-corrected chi connectivity index (χ0v) is 19.5. The van der Waals surface area contributed by atoms with E-state index in [4.69, 9.17) is 21.1 Å². The number of hydrazone groups is 1. The van der Waals surface area contributed by atoms with Crippen molar-refractivity contribution in [3.05, 3.63) is 88.9 Å². The molecule has 0 bridgehead atoms. The Morgan fingerprint density at radius 1 is 1.03 bits per heavy atom. The van der Waals surface area contributed by atoms with Gasteiger partial charge in [0.05, 0.1) is 24.6 Å². The lowest BCUT2D eigenvalue weighted by Crippen LogP contribution is -2.24. The minimum absolute atomic E-state index is 0.246. The smallest absolute Gasteiger partial charge is 0.278 e. The number of ether oxygens (including phenoxy) is 2. The van der Waals surface area contributed by atoms with Gasteiger partial charge in [0.25, 0.3) is 5.91 Å². The molecule has 0 unspecified atom stereocenters. The fourth-order valence-electron chi connectivity index (χ4n) is 3.28. The van der Waals surface area contributed by atoms with E-state index in [1.54, 1.807) is 13.3 Å². The van der Waals surface area contributed by atoms with Crippen LogP contribution in [0.1, 0.15) is 11.1 Å². The molecule has 1 amide bonds. The summed E-state index contributed by atoms with van der Waals surface area (Å²) >= 11 is 6.05. The van der Waals surface area contributed by atoms with Gasteiger partial charge in [0.2, 0.25) is 5.88 Å². The first-order chi connectivity index (χ1) is 16.5. The summed E-state index contributed by atoms with van der Waals surface area (Å²) in [5, 5.41) is 12.0. The molecule has 0 aliphatic heterocycles. The summed E-state index contributed by atoms with van der Waals surface area (Å²) in [5.74, 6) is 0.662. The van der Waals surface area contributed by atoms with Gasteiger partial charge in [-0.15, -0.1) is 5.10 Å². The van der Waals surface area contributed by atoms with Gasteiger partial charge in [0.15, 0.2) is 6.61 Å². The Hall–Kier alpha value is -4.10. The van der Waals surface area contributed by atoms with Crippen molar-refractivity contribution in [1.29, 1.82) is 0 Å². The summed E-state index contributed by atoms with van der Waals surface area (Å²) in [6.07, 6.45) is 1.54. The zero-order chi connectivity index (χ0) is 23.9. The van der Waals surface area contributed by atoms with Gasteiger partial charge in [-0.2, -0.15) is 5.10 Å². The van der Waals surface area contributed by atoms with Gasteiger partial charge >= 0.3 is 0 Å². The molecule has 0 radical (unpaired) electrons. The number of hydrogen-bond acceptors (Lipinski definition) is 5. The number of nitrogens with zero attached hydrogens (tertiary/aromatic N) is 2. The first-order valence-electron chi connectivity index (χ1n) is 10.5. The van der Waals surface area contributed by atoms with E-state index in [0.29, 0.717) is 10.9 Å². The molecule has 172 valence electrons. The molecule has 0 fully saturated rings. The van der Waals surface area contributed by atoms with Gasteiger partial charge < -0.3 is 9.47 Å². The van der Waals surface area contributed by atoms with Crippen molar-refractivity contribution in [2.24, 2.45) is 5.10 Å². The van der Waals surface area contributed by atoms with Crippen molar-refractivity contribution < 1.29 is 14.3 Å². The van der Waals surface area contributed by atoms with Crippen molar-refractivity contribution in [3.8, 4) is 34.0 Å². The predicted molar refractivity (Wildman–Crippen MR) is 133 cm³/mol. The lowest BCUT2D eigenvalue weighted by atomic mass is 10.0. The van der Waals surface area contributed by atoms with E-state index in [-0.39, 0.29) is 6.61 Å². The van der Waals surface area contributed by atoms with E-state index in [2.05, 4.69) is 20.7 Å². The molecule has 0 spiro atoms. The second-order valence-corrected chi connectivity index (χ2v) is 7.94. The normalized spacial score (nSPS) is 10.9. The highest BCUT2D eigenvalue weighted by atomic mass is 35.5. The molecule has 34 heavy (non-hydrogen) atoms. The van der Waals surface area contributed by atoms with Crippen LogP contribution in [0.4, 0.5) is 0 Å². The number of halogens is 1. The summed E-state index contributed by atoms with van der Waals surface area (Å²) in [6.45, 7) is 1.77. The first kappa shape index (κ1) is 23.1. The maximum atomic E-state index is 12.3. The lowest BCUT2D eigenvalue weighted by molar-refractivity contribution is -0.123. The molecular formula is C26H23ClN4O3. The average molecular weight is 475 g/mol. The zero-order valence-electron chi connectivity index (χ0n) is 18.7. The molecule has 0 atom stereocenters. The fourth-order valence-corrected chi connectivity index (χ4v) is 3.40. The third kappa shape index (κ3) is 5.63. The van der Waals surface area contributed by atoms with Crippen molar-refractivity contribution >= 4 is 23.7 Å². The van der Waals surface area contributed by atoms with E-state index in [9.17, 15) is 4.79 Å². The van der Waals surface area contributed by atoms with Gasteiger partial charge in [0.1, 0.15) is 5.75 Å². The van der Waals surface area contributed by atoms with Crippen LogP contribution in [-0.4, -0.2) is 36.0 Å². The van der Waals surface area contributed by atoms with Crippen molar-refractivity contribution in [2.45, 2.75) is 6.92 Å². The number of aromatic nitrogens is 2. The predicted octanol–water partition coefficient (Wildman–Crippen LogP) is 5.24. The van der Waals surface area contributed by atoms with Crippen LogP contribution in [0.15, 0.2) is 77.9 Å². The molecule has 0 aliphatic carbocycles. The molecule has 4 aromatic rings. The third-order valence-electron chi connectivity index (χ3n) is 5.06. The average Bonchev–Trinajstić information content (AvgIpc) is 3.28. The number of rotatable bonds is 8. The van der Waals surface area contributed by atoms with Gasteiger partial charge in [-0.3, -0.25) is 9.89 Å². The number of H-pyrrole nitrogens is 1. The minimum Gasteiger partial charge on any atom is -0.497 e. The Morgan fingerprint density at radius 2 is 1.71 bits per heavy atom. The van der Waals surface area contributed by atoms with E-state index in [1.165, 1.54) is 0 Å². The van der Waals surface area contributed by atoms with E-state index >= 15 is 0 Å². The summed E-state index contributed by atoms with van der Waals surface area (Å²) in [7, 11) is 1.60. The molecule has 0 saturated heterocycles. The van der Waals surface area contributed by atoms with Gasteiger partial charge in [-0.05, 0) is 54.4 Å². The van der Waals surface area contributed by atoms with E-state index in [0.717, 1.165) is 39.3 Å². The lowest BCUT2D eigenvalue weighted by Gasteiger charge is -2.08. The van der Waals surface area contributed by atoms with Crippen LogP contribution in [0, 0.1) is 6.92 Å². The maximum Gasteiger partial charge on any atom is 0.278 e. The molecule has 7 nitrogen and oxygen atoms in total. The van der Waals surface area contributed by atoms with Gasteiger partial charge in [0, 0.05) is 10.6 Å². The Labute approximate surface area is 202 Å². The quantitative estimate of drug-likeness (QED) is 0.270. The van der Waals surface area contributed by atoms with E-state index < -0.39 is 5.91 Å². The van der Waals surface area contributed by atoms with Crippen molar-refractivity contribution in [2.75, 3.05) is 13.7 Å². The Kier molecular flexibility index (Phi) is 7.25. The molecule has 1 aromatic heterocycles. The number of carbonyl (C=O) groups is 1. The van der Waals surface area contributed by atoms with Crippen LogP contribution in [0.2, 0.25) is 5.02 Å². The second kappa shape index (κ2) is 10.7. The standard InChI is InChI=1S/C26H23ClN4O3/c1-17-3-7-19(8-4-17)24-25(20-9-11-21(27)12-10-20)30-31-26(24)34-16-23(32)29-28-15-18-5-13-22(33-2)14-6-18/h3-15H,16H2,1-2H3,(H,29,32)(H,30,31)/b28-15+. The van der Waals surface area contributed by atoms with Crippen LogP contribution in [0.25, 0.3) is 22.4 Å². The van der Waals surface area contributed by atoms with Crippen molar-refractivity contribution in [3.63, 3.8) is 0 Å². The molecular weight excluding hydrogens is 452 g/mol. The van der Waals surface area contributed by atoms with Crippen molar-refractivity contribution in [1.82, 2.24) is 15.6 Å². The highest BCUT2D eigenvalue weighted by molar-refractivity contribution is 6.30. The number of methoxy groups -OCH3 is 1. The number of benzene rings is 3. The number of carbonyl (C=O) groups excluding carboxylic acids is 1. The summed E-state index contributed by atoms with van der Waals surface area (Å²) in [6, 6.07) is 22.7. The molecule has 4 rings (SSSR count). The molecule has 1 heterocycles. The van der Waals surface area contributed by atoms with Crippen LogP contribution in [0.5, 0.6) is 11.6 Å². The number of amides is 1. The molecule has 0 saturated carbocycles.